The van der Waals surface area contributed by atoms with Gasteiger partial charge >= 0.3 is 19.4 Å². The van der Waals surface area contributed by atoms with E-state index in [0.29, 0.717) is 0 Å². The maximum atomic E-state index is 14.8. The molecule has 0 radical (unpaired) electrons. The summed E-state index contributed by atoms with van der Waals surface area (Å²) in [5.41, 5.74) is 4.72. The number of nitrogens with one attached hydrogen (secondary N) is 1. The Kier molecular flexibility index (Phi) is 9.56. The van der Waals surface area contributed by atoms with E-state index in [0.717, 1.165) is 23.4 Å². The zero-order chi connectivity index (χ0) is 27.3. The van der Waals surface area contributed by atoms with Crippen LogP contribution >= 0.6 is 19.5 Å². The van der Waals surface area contributed by atoms with E-state index in [1.165, 1.54) is 24.4 Å². The molecule has 1 saturated heterocycles. The molecule has 13 nitrogen and oxygen atoms in total. The number of thioether (sulfide) groups is 1. The number of esters is 1. The molecule has 2 heterocycles. The van der Waals surface area contributed by atoms with Crippen molar-refractivity contribution >= 4 is 31.3 Å². The molecule has 0 saturated carbocycles. The van der Waals surface area contributed by atoms with E-state index < -0.39 is 54.3 Å². The maximum Gasteiger partial charge on any atom is 0.440 e. The third kappa shape index (κ3) is 7.21. The fourth-order valence-corrected chi connectivity index (χ4v) is 5.78. The first-order valence-corrected chi connectivity index (χ1v) is 13.5. The number of aliphatic hydroxyl groups excluding tert-OH is 1. The van der Waals surface area contributed by atoms with Gasteiger partial charge in [0.2, 0.25) is 5.75 Å². The number of methoxy groups -OCH3 is 1. The van der Waals surface area contributed by atoms with Crippen molar-refractivity contribution in [2.24, 2.45) is 5.92 Å². The van der Waals surface area contributed by atoms with Crippen molar-refractivity contribution in [3.63, 3.8) is 0 Å². The number of halogens is 1. The summed E-state index contributed by atoms with van der Waals surface area (Å²) in [5.74, 6) is -1.20. The molecule has 0 amide bonds. The van der Waals surface area contributed by atoms with Crippen molar-refractivity contribution < 1.29 is 42.8 Å². The van der Waals surface area contributed by atoms with Gasteiger partial charge in [-0.25, -0.2) is 18.8 Å². The van der Waals surface area contributed by atoms with Crippen molar-refractivity contribution in [3.8, 4) is 11.5 Å². The number of aliphatic hydroxyl groups is 1. The highest BCUT2D eigenvalue weighted by atomic mass is 32.2. The van der Waals surface area contributed by atoms with E-state index in [-0.39, 0.29) is 23.9 Å². The number of nitrogen functional groups attached to an aromatic ring is 1. The lowest BCUT2D eigenvalue weighted by atomic mass is 10.1. The maximum absolute atomic E-state index is 14.8. The van der Waals surface area contributed by atoms with E-state index in [1.54, 1.807) is 26.0 Å². The largest absolute Gasteiger partial charge is 0.488 e. The van der Waals surface area contributed by atoms with Gasteiger partial charge in [0, 0.05) is 6.20 Å². The average Bonchev–Trinajstić information content (AvgIpc) is 3.13. The molecule has 0 spiro atoms. The Hall–Kier alpha value is -2.68. The Morgan fingerprint density at radius 1 is 1.32 bits per heavy atom. The normalized spacial score (nSPS) is 23.9. The highest BCUT2D eigenvalue weighted by Gasteiger charge is 2.45. The molecule has 6 atom stereocenters. The first-order valence-electron chi connectivity index (χ1n) is 11.0. The van der Waals surface area contributed by atoms with E-state index in [2.05, 4.69) is 19.5 Å². The van der Waals surface area contributed by atoms with Gasteiger partial charge in [0.25, 0.3) is 0 Å². The van der Waals surface area contributed by atoms with Crippen LogP contribution in [0.4, 0.5) is 10.2 Å². The summed E-state index contributed by atoms with van der Waals surface area (Å²) in [7, 11) is -3.49. The minimum absolute atomic E-state index is 0.00781. The molecule has 1 unspecified atom stereocenters. The number of aromatic nitrogens is 2. The van der Waals surface area contributed by atoms with Crippen LogP contribution in [-0.2, 0) is 18.8 Å². The predicted octanol–water partition coefficient (Wildman–Crippen LogP) is 1.42. The molecule has 204 valence electrons. The molecule has 3 rings (SSSR count). The number of para-hydroxylation sites is 2. The van der Waals surface area contributed by atoms with Crippen LogP contribution in [0.25, 0.3) is 0 Å². The molecule has 1 aromatic heterocycles. The third-order valence-corrected chi connectivity index (χ3v) is 7.74. The van der Waals surface area contributed by atoms with Crippen LogP contribution in [0.15, 0.2) is 41.3 Å². The number of nitrogens with zero attached hydrogens (tertiary/aromatic N) is 2. The zero-order valence-corrected chi connectivity index (χ0v) is 21.8. The smallest absolute Gasteiger partial charge is 0.440 e. The number of hydrogen-bond donors (Lipinski definition) is 4. The summed E-state index contributed by atoms with van der Waals surface area (Å²) >= 11 is 0.979. The molecule has 37 heavy (non-hydrogen) atoms. The van der Waals surface area contributed by atoms with Gasteiger partial charge in [-0.2, -0.15) is 4.98 Å². The van der Waals surface area contributed by atoms with E-state index >= 15 is 0 Å². The van der Waals surface area contributed by atoms with Gasteiger partial charge in [-0.1, -0.05) is 30.7 Å². The fourth-order valence-electron chi connectivity index (χ4n) is 3.38. The lowest BCUT2D eigenvalue weighted by Crippen LogP contribution is -2.40. The van der Waals surface area contributed by atoms with Crippen LogP contribution in [0.1, 0.15) is 19.2 Å². The van der Waals surface area contributed by atoms with E-state index in [4.69, 9.17) is 15.4 Å². The van der Waals surface area contributed by atoms with E-state index in [1.807, 2.05) is 0 Å². The molecule has 2 aromatic rings. The van der Waals surface area contributed by atoms with Crippen LogP contribution in [0, 0.1) is 5.92 Å². The van der Waals surface area contributed by atoms with Crippen LogP contribution < -0.4 is 26.1 Å². The Bertz CT molecular complexity index is 1200. The summed E-state index contributed by atoms with van der Waals surface area (Å²) in [4.78, 5) is 42.6. The molecule has 1 aliphatic rings. The lowest BCUT2D eigenvalue weighted by molar-refractivity contribution is -0.145. The Labute approximate surface area is 215 Å². The van der Waals surface area contributed by atoms with Crippen molar-refractivity contribution in [3.05, 3.63) is 47.0 Å². The highest BCUT2D eigenvalue weighted by Crippen LogP contribution is 2.44. The average molecular weight is 563 g/mol. The highest BCUT2D eigenvalue weighted by molar-refractivity contribution is 8.00. The Balaban J connectivity index is 1.64. The zero-order valence-electron chi connectivity index (χ0n) is 20.1. The second-order valence-electron chi connectivity index (χ2n) is 8.35. The van der Waals surface area contributed by atoms with Gasteiger partial charge in [0.05, 0.1) is 12.4 Å². The van der Waals surface area contributed by atoms with Gasteiger partial charge in [-0.05, 0) is 24.1 Å². The molecule has 5 N–H and O–H groups in total. The quantitative estimate of drug-likeness (QED) is 0.134. The number of carbonyl (C=O) groups excluding carboxylic acids is 1. The topological polar surface area (TPSA) is 184 Å². The van der Waals surface area contributed by atoms with Gasteiger partial charge in [-0.15, -0.1) is 11.8 Å². The summed E-state index contributed by atoms with van der Waals surface area (Å²) in [6.07, 6.45) is -1.94. The Morgan fingerprint density at radius 3 is 2.62 bits per heavy atom. The van der Waals surface area contributed by atoms with Crippen LogP contribution in [0.3, 0.4) is 0 Å². The molecule has 1 aromatic carbocycles. The number of benzene rings is 1. The second kappa shape index (κ2) is 12.2. The number of alkyl halides is 1. The third-order valence-electron chi connectivity index (χ3n) is 5.32. The number of nitrogens with two attached hydrogens (primary N) is 1. The number of hydrogen-bond acceptors (Lipinski definition) is 11. The van der Waals surface area contributed by atoms with Crippen LogP contribution in [-0.4, -0.2) is 62.8 Å². The predicted molar refractivity (Wildman–Crippen MR) is 131 cm³/mol. The fraction of sp³-hybridized carbons (Fsp3) is 0.476. The second-order valence-corrected chi connectivity index (χ2v) is 11.2. The van der Waals surface area contributed by atoms with Gasteiger partial charge in [0.15, 0.2) is 11.9 Å². The van der Waals surface area contributed by atoms with Crippen molar-refractivity contribution in [2.45, 2.75) is 42.8 Å². The summed E-state index contributed by atoms with van der Waals surface area (Å²) in [6.45, 7) is 3.08. The SMILES string of the molecule is COC(=O)[C@@H](NP(=O)(O)OOc1ccccc1OC[C@H]1S[C@@H](n2ccc(N)nc2=O)[C@@H](F)[C@@H]1O)C(C)C. The Morgan fingerprint density at radius 2 is 2.00 bits per heavy atom. The summed E-state index contributed by atoms with van der Waals surface area (Å²) in [5, 5.41) is 10.7. The standard InChI is InChI=1S/C21H28FN4O9PS/c1-11(2)17(20(28)32-3)25-36(30,31)35-34-13-7-5-4-6-12(13)33-10-14-18(27)16(22)19(37-14)26-9-8-15(23)24-21(26)29/h4-9,11,14,16-19,27H,10H2,1-3H3,(H2,23,24,29)(H2,25,30,31)/t14-,16+,17+,18-,19-/m1/s1. The number of ether oxygens (including phenoxy) is 2. The number of anilines is 1. The molecule has 0 aliphatic carbocycles. The molecular formula is C21H28FN4O9PS. The first-order chi connectivity index (χ1) is 17.4. The lowest BCUT2D eigenvalue weighted by Gasteiger charge is -2.22. The minimum atomic E-state index is -4.63. The molecule has 1 fully saturated rings. The van der Waals surface area contributed by atoms with Crippen molar-refractivity contribution in [1.29, 1.82) is 0 Å². The minimum Gasteiger partial charge on any atom is -0.488 e. The molecule has 1 aliphatic heterocycles. The van der Waals surface area contributed by atoms with Crippen molar-refractivity contribution in [2.75, 3.05) is 19.5 Å². The molecule has 0 bridgehead atoms. The van der Waals surface area contributed by atoms with Crippen molar-refractivity contribution in [1.82, 2.24) is 14.6 Å². The first kappa shape index (κ1) is 28.9. The number of carbonyl (C=O) groups is 1. The van der Waals surface area contributed by atoms with Gasteiger partial charge in [0.1, 0.15) is 29.9 Å². The number of rotatable bonds is 11. The summed E-state index contributed by atoms with van der Waals surface area (Å²) < 4.78 is 43.3. The van der Waals surface area contributed by atoms with Gasteiger partial charge < -0.3 is 30.1 Å². The summed E-state index contributed by atoms with van der Waals surface area (Å²) in [6, 6.07) is 6.19. The molecule has 16 heteroatoms. The van der Waals surface area contributed by atoms with Crippen LogP contribution in [0.5, 0.6) is 11.5 Å². The monoisotopic (exact) mass is 562 g/mol. The van der Waals surface area contributed by atoms with Crippen LogP contribution in [0.2, 0.25) is 0 Å². The van der Waals surface area contributed by atoms with E-state index in [9.17, 15) is 28.5 Å². The molecular weight excluding hydrogens is 534 g/mol. The van der Waals surface area contributed by atoms with Gasteiger partial charge in [-0.3, -0.25) is 9.36 Å².